The van der Waals surface area contributed by atoms with Gasteiger partial charge in [-0.05, 0) is 171 Å². The van der Waals surface area contributed by atoms with E-state index in [4.69, 9.17) is 51.6 Å². The van der Waals surface area contributed by atoms with Gasteiger partial charge in [0.15, 0.2) is 5.96 Å². The fourth-order valence-electron chi connectivity index (χ4n) is 13.4. The molecule has 1 aliphatic rings. The summed E-state index contributed by atoms with van der Waals surface area (Å²) in [5.41, 5.74) is 53.0. The number of aliphatic carboxylic acids is 1. The van der Waals surface area contributed by atoms with Crippen molar-refractivity contribution in [3.8, 4) is 11.5 Å². The van der Waals surface area contributed by atoms with E-state index < -0.39 is 240 Å². The van der Waals surface area contributed by atoms with Gasteiger partial charge in [0.2, 0.25) is 94.5 Å². The quantitative estimate of drug-likeness (QED) is 0.0127. The van der Waals surface area contributed by atoms with Crippen molar-refractivity contribution in [3.05, 3.63) is 59.7 Å². The molecule has 0 aliphatic carbocycles. The number of carbonyl (C=O) groups excluding carboxylic acids is 16. The second-order valence-electron chi connectivity index (χ2n) is 32.5. The van der Waals surface area contributed by atoms with Crippen LogP contribution in [0.4, 0.5) is 0 Å². The SMILES string of the molecule is CC[C@H](C)[C@H](NC(=O)[C@@H]1CCCN1C(=O)[C@@H](N)C(C)C)C(=O)N[C@H](C(=O)N[C@@H](Cc1ccc(O)cc1)C(=O)N[C@@H](CO)C(=O)N[C@@H](CC(N)=O)C(=O)N[C@@H](CCCN=C(N)N)C(=O)N[C@@H](CCN)C(=O)N[C@H](C(=O)N[C@H](CCN)C(=O)N[C@@H](CCCCN)C(=O)N[C@@H](CCN)C(=O)N[C@@H](CCN)C(=O)N[C@@H](CS)C(=O)N[C@@H](Cc1ccc(O)cc1)C(=O)O)[C@@H](C)O)C(C)(C)S. The summed E-state index contributed by atoms with van der Waals surface area (Å²) in [5.74, 6) is -19.7. The Morgan fingerprint density at radius 1 is 0.477 bits per heavy atom. The number of aliphatic hydroxyl groups is 2. The van der Waals surface area contributed by atoms with Gasteiger partial charge in [-0.1, -0.05) is 58.4 Å². The molecule has 2 aromatic rings. The Kier molecular flexibility index (Phi) is 49.5. The highest BCUT2D eigenvalue weighted by molar-refractivity contribution is 7.81. The molecule has 130 heavy (non-hydrogen) atoms. The van der Waals surface area contributed by atoms with Crippen molar-refractivity contribution >= 4 is 132 Å². The third-order valence-corrected chi connectivity index (χ3v) is 21.8. The number of rotatable bonds is 59. The van der Waals surface area contributed by atoms with Crippen LogP contribution in [0.1, 0.15) is 143 Å². The molecule has 0 radical (unpaired) electrons. The third kappa shape index (κ3) is 38.0. The molecule has 2 aromatic carbocycles. The molecule has 16 amide bonds. The highest BCUT2D eigenvalue weighted by atomic mass is 32.1. The van der Waals surface area contributed by atoms with Crippen molar-refractivity contribution in [3.63, 3.8) is 0 Å². The molecule has 728 valence electrons. The number of phenols is 2. The molecule has 1 heterocycles. The smallest absolute Gasteiger partial charge is 0.326 e. The van der Waals surface area contributed by atoms with E-state index in [0.29, 0.717) is 30.4 Å². The average molecular weight is 1880 g/mol. The number of thiol groups is 2. The van der Waals surface area contributed by atoms with Crippen LogP contribution >= 0.6 is 25.3 Å². The summed E-state index contributed by atoms with van der Waals surface area (Å²) < 4.78 is -1.45. The van der Waals surface area contributed by atoms with Gasteiger partial charge in [-0.15, -0.1) is 0 Å². The Bertz CT molecular complexity index is 4150. The Morgan fingerprint density at radius 3 is 1.26 bits per heavy atom. The fourth-order valence-corrected chi connectivity index (χ4v) is 13.8. The molecule has 37 N–H and O–H groups in total. The predicted molar refractivity (Wildman–Crippen MR) is 482 cm³/mol. The van der Waals surface area contributed by atoms with E-state index in [1.807, 2.05) is 0 Å². The lowest BCUT2D eigenvalue weighted by Gasteiger charge is -2.34. The monoisotopic (exact) mass is 1870 g/mol. The van der Waals surface area contributed by atoms with Crippen molar-refractivity contribution in [2.45, 2.75) is 252 Å². The molecular formula is C81H135N25O22S2. The third-order valence-electron chi connectivity index (χ3n) is 21.1. The van der Waals surface area contributed by atoms with Crippen molar-refractivity contribution < 1.29 is 107 Å². The minimum Gasteiger partial charge on any atom is -0.508 e. The van der Waals surface area contributed by atoms with Crippen LogP contribution in [0.3, 0.4) is 0 Å². The number of likely N-dealkylation sites (tertiary alicyclic amines) is 1. The number of aliphatic hydroxyl groups excluding tert-OH is 2. The zero-order valence-corrected chi connectivity index (χ0v) is 76.0. The number of carbonyl (C=O) groups is 17. The first-order valence-corrected chi connectivity index (χ1v) is 43.9. The maximum absolute atomic E-state index is 14.7. The minimum atomic E-state index is -2.03. The van der Waals surface area contributed by atoms with E-state index in [1.54, 1.807) is 27.7 Å². The topological polar surface area (TPSA) is 810 Å². The first kappa shape index (κ1) is 113. The number of aliphatic imine (C=N–C) groups is 1. The molecule has 0 saturated carbocycles. The number of unbranched alkanes of at least 4 members (excludes halogenated alkanes) is 1. The number of primary amides is 1. The van der Waals surface area contributed by atoms with E-state index in [-0.39, 0.29) is 133 Å². The first-order valence-electron chi connectivity index (χ1n) is 42.8. The van der Waals surface area contributed by atoms with E-state index in [0.717, 1.165) is 6.92 Å². The lowest BCUT2D eigenvalue weighted by atomic mass is 9.95. The number of amides is 16. The van der Waals surface area contributed by atoms with Gasteiger partial charge in [0.1, 0.15) is 102 Å². The second kappa shape index (κ2) is 57.0. The summed E-state index contributed by atoms with van der Waals surface area (Å²) in [4.78, 5) is 243. The average Bonchev–Trinajstić information content (AvgIpc) is 1.46. The molecule has 47 nitrogen and oxygen atoms in total. The summed E-state index contributed by atoms with van der Waals surface area (Å²) in [5, 5.41) is 85.9. The van der Waals surface area contributed by atoms with Crippen molar-refractivity contribution in [2.24, 2.45) is 68.4 Å². The number of guanidine groups is 1. The van der Waals surface area contributed by atoms with Crippen molar-refractivity contribution in [2.75, 3.05) is 58.2 Å². The van der Waals surface area contributed by atoms with E-state index >= 15 is 0 Å². The van der Waals surface area contributed by atoms with Gasteiger partial charge < -0.3 is 156 Å². The predicted octanol–water partition coefficient (Wildman–Crippen LogP) is -9.76. The molecule has 0 spiro atoms. The molecule has 1 aliphatic heterocycles. The van der Waals surface area contributed by atoms with Crippen LogP contribution in [0.2, 0.25) is 0 Å². The molecule has 18 atom stereocenters. The summed E-state index contributed by atoms with van der Waals surface area (Å²) in [6, 6.07) is -14.1. The zero-order valence-electron chi connectivity index (χ0n) is 74.2. The lowest BCUT2D eigenvalue weighted by molar-refractivity contribution is -0.142. The van der Waals surface area contributed by atoms with Crippen molar-refractivity contribution in [1.29, 1.82) is 0 Å². The summed E-state index contributed by atoms with van der Waals surface area (Å²) in [7, 11) is 0. The zero-order chi connectivity index (χ0) is 98.0. The number of phenolic OH excluding ortho intramolecular Hbond substituents is 2. The lowest BCUT2D eigenvalue weighted by Crippen LogP contribution is -2.64. The normalized spacial score (nSPS) is 16.4. The van der Waals surface area contributed by atoms with Gasteiger partial charge in [0.25, 0.3) is 0 Å². The molecule has 1 saturated heterocycles. The van der Waals surface area contributed by atoms with Crippen LogP contribution in [0.25, 0.3) is 0 Å². The number of carboxylic acid groups (broad SMARTS) is 1. The summed E-state index contributed by atoms with van der Waals surface area (Å²) in [6.45, 7) is 8.88. The largest absolute Gasteiger partial charge is 0.508 e. The molecule has 49 heteroatoms. The van der Waals surface area contributed by atoms with Gasteiger partial charge in [-0.25, -0.2) is 4.79 Å². The molecule has 1 fully saturated rings. The van der Waals surface area contributed by atoms with E-state index in [1.165, 1.54) is 67.3 Å². The number of nitrogens with one attached hydrogen (secondary N) is 14. The Hall–Kier alpha value is -11.3. The second-order valence-corrected chi connectivity index (χ2v) is 34.0. The Morgan fingerprint density at radius 2 is 0.854 bits per heavy atom. The van der Waals surface area contributed by atoms with Gasteiger partial charge in [-0.2, -0.15) is 25.3 Å². The first-order chi connectivity index (χ1) is 61.2. The Balaban J connectivity index is 1.90. The number of nitrogens with two attached hydrogens (primary N) is 9. The van der Waals surface area contributed by atoms with E-state index in [9.17, 15) is 107 Å². The highest BCUT2D eigenvalue weighted by Crippen LogP contribution is 2.24. The van der Waals surface area contributed by atoms with Crippen LogP contribution in [0.15, 0.2) is 53.5 Å². The molecule has 3 rings (SSSR count). The number of benzene rings is 2. The maximum Gasteiger partial charge on any atom is 0.326 e. The van der Waals surface area contributed by atoms with Gasteiger partial charge in [0.05, 0.1) is 25.2 Å². The highest BCUT2D eigenvalue weighted by Gasteiger charge is 2.44. The van der Waals surface area contributed by atoms with Crippen LogP contribution in [-0.2, 0) is 94.3 Å². The summed E-state index contributed by atoms with van der Waals surface area (Å²) >= 11 is 8.80. The van der Waals surface area contributed by atoms with Gasteiger partial charge in [0, 0.05) is 36.4 Å². The van der Waals surface area contributed by atoms with Crippen molar-refractivity contribution in [1.82, 2.24) is 79.3 Å². The van der Waals surface area contributed by atoms with E-state index in [2.05, 4.69) is 105 Å². The molecule has 0 aromatic heterocycles. The standard InChI is InChI=1S/C81H135N25O22S2/c1-8-41(4)61(103-74(122)58-15-12-34-106(58)78(126)60(88)40(2)3)75(123)105-63(81(6,7)130)77(125)99-53(35-43-16-20-45(109)21-17-43)70(118)101-56(38-107)72(120)98-54(37-59(87)111)71(119)93-48(14-11-33-91-80(89)90)65(113)96-52(27-32-86)69(117)104-62(42(5)108)76(124)97-51(26-31-85)67(115)92-47(13-9-10-28-82)64(112)94-49(24-29-83)66(114)95-50(25-30-84)68(116)102-57(39-129)73(121)100-55(79(127)128)36-44-18-22-46(110)23-19-44/h16-23,40-42,47-58,60-63,107-110,129-130H,8-15,24-39,82-86,88H2,1-7H3,(H2,87,111)(H,92,115)(H,93,119)(H,94,112)(H,95,114)(H,96,113)(H,97,124)(H,98,120)(H,99,125)(H,100,121)(H,101,118)(H,102,116)(H,103,122)(H,104,117)(H,105,123)(H,127,128)(H4,89,90,91)/t41-,42+,47-,48-,49-,50-,51+,52-,53-,54-,55-,56-,57-,58-,60-,61-,62-,63+/m0/s1. The minimum absolute atomic E-state index is 0.0817. The van der Waals surface area contributed by atoms with Crippen LogP contribution < -0.4 is 126 Å². The fraction of sp³-hybridized carbons (Fsp3) is 0.630. The maximum atomic E-state index is 14.7. The number of nitrogens with zero attached hydrogens (tertiary/aromatic N) is 2. The van der Waals surface area contributed by atoms with Gasteiger partial charge in [-0.3, -0.25) is 81.7 Å². The molecular weight excluding hydrogens is 1740 g/mol. The number of aromatic hydroxyl groups is 2. The van der Waals surface area contributed by atoms with Crippen LogP contribution in [-0.4, -0.2) is 303 Å². The molecule has 0 bridgehead atoms. The van der Waals surface area contributed by atoms with Crippen LogP contribution in [0, 0.1) is 11.8 Å². The number of hydrogen-bond acceptors (Lipinski definition) is 30. The summed E-state index contributed by atoms with van der Waals surface area (Å²) in [6.07, 6.45) is -3.65. The number of carboxylic acids is 1. The Labute approximate surface area is 764 Å². The number of hydrogen-bond donors (Lipinski definition) is 30. The van der Waals surface area contributed by atoms with Gasteiger partial charge >= 0.3 is 5.97 Å². The molecule has 0 unspecified atom stereocenters. The van der Waals surface area contributed by atoms with Crippen LogP contribution in [0.5, 0.6) is 11.5 Å².